The summed E-state index contributed by atoms with van der Waals surface area (Å²) in [7, 11) is 2.01. The maximum Gasteiger partial charge on any atom is 0.298 e. The first kappa shape index (κ1) is 11.8. The molecule has 1 unspecified atom stereocenters. The molecule has 0 radical (unpaired) electrons. The van der Waals surface area contributed by atoms with Crippen molar-refractivity contribution >= 4 is 22.8 Å². The summed E-state index contributed by atoms with van der Waals surface area (Å²) in [5.74, 6) is 0. The van der Waals surface area contributed by atoms with Crippen molar-refractivity contribution in [1.82, 2.24) is 4.98 Å². The van der Waals surface area contributed by atoms with Crippen LogP contribution in [-0.2, 0) is 0 Å². The SMILES string of the molecule is CCCC(C)N(C)c1nc2ccc(N)cc2o1. The lowest BCUT2D eigenvalue weighted by atomic mass is 10.2. The lowest BCUT2D eigenvalue weighted by molar-refractivity contribution is 0.529. The summed E-state index contributed by atoms with van der Waals surface area (Å²) >= 11 is 0. The molecule has 2 rings (SSSR count). The standard InChI is InChI=1S/C13H19N3O/c1-4-5-9(2)16(3)13-15-11-7-6-10(14)8-12(11)17-13/h6-9H,4-5,14H2,1-3H3. The molecule has 0 aliphatic rings. The maximum absolute atomic E-state index is 5.72. The molecule has 0 aliphatic heterocycles. The number of nitrogen functional groups attached to an aromatic ring is 1. The Labute approximate surface area is 101 Å². The molecule has 4 nitrogen and oxygen atoms in total. The van der Waals surface area contributed by atoms with Crippen LogP contribution in [0, 0.1) is 0 Å². The van der Waals surface area contributed by atoms with E-state index in [1.165, 1.54) is 0 Å². The highest BCUT2D eigenvalue weighted by atomic mass is 16.4. The Kier molecular flexibility index (Phi) is 3.22. The largest absolute Gasteiger partial charge is 0.423 e. The number of aromatic nitrogens is 1. The molecule has 1 heterocycles. The van der Waals surface area contributed by atoms with Gasteiger partial charge in [0, 0.05) is 24.8 Å². The topological polar surface area (TPSA) is 55.3 Å². The van der Waals surface area contributed by atoms with E-state index in [2.05, 4.69) is 23.7 Å². The van der Waals surface area contributed by atoms with Crippen LogP contribution in [0.25, 0.3) is 11.1 Å². The number of anilines is 2. The summed E-state index contributed by atoms with van der Waals surface area (Å²) in [4.78, 5) is 6.53. The molecule has 2 N–H and O–H groups in total. The minimum atomic E-state index is 0.422. The van der Waals surface area contributed by atoms with E-state index in [1.807, 2.05) is 25.2 Å². The van der Waals surface area contributed by atoms with Crippen molar-refractivity contribution < 1.29 is 4.42 Å². The molecule has 4 heteroatoms. The van der Waals surface area contributed by atoms with Crippen molar-refractivity contribution in [3.05, 3.63) is 18.2 Å². The summed E-state index contributed by atoms with van der Waals surface area (Å²) in [6.07, 6.45) is 2.27. The highest BCUT2D eigenvalue weighted by molar-refractivity contribution is 5.78. The molecule has 92 valence electrons. The van der Waals surface area contributed by atoms with Crippen LogP contribution in [0.15, 0.2) is 22.6 Å². The molecule has 0 saturated carbocycles. The molecule has 0 bridgehead atoms. The molecule has 0 spiro atoms. The van der Waals surface area contributed by atoms with Crippen LogP contribution in [0.2, 0.25) is 0 Å². The van der Waals surface area contributed by atoms with Crippen LogP contribution in [0.3, 0.4) is 0 Å². The number of oxazole rings is 1. The molecule has 0 saturated heterocycles. The summed E-state index contributed by atoms with van der Waals surface area (Å²) in [5, 5.41) is 0. The smallest absolute Gasteiger partial charge is 0.298 e. The van der Waals surface area contributed by atoms with Gasteiger partial charge in [-0.05, 0) is 25.5 Å². The molecule has 17 heavy (non-hydrogen) atoms. The van der Waals surface area contributed by atoms with Gasteiger partial charge >= 0.3 is 0 Å². The van der Waals surface area contributed by atoms with Crippen molar-refractivity contribution in [2.45, 2.75) is 32.7 Å². The van der Waals surface area contributed by atoms with Gasteiger partial charge < -0.3 is 15.1 Å². The Hall–Kier alpha value is -1.71. The molecule has 1 aromatic carbocycles. The van der Waals surface area contributed by atoms with E-state index in [0.717, 1.165) is 23.9 Å². The van der Waals surface area contributed by atoms with Gasteiger partial charge in [0.15, 0.2) is 5.58 Å². The zero-order valence-electron chi connectivity index (χ0n) is 10.6. The van der Waals surface area contributed by atoms with Gasteiger partial charge in [-0.3, -0.25) is 0 Å². The number of nitrogens with two attached hydrogens (primary N) is 1. The fraction of sp³-hybridized carbons (Fsp3) is 0.462. The highest BCUT2D eigenvalue weighted by Crippen LogP contribution is 2.24. The van der Waals surface area contributed by atoms with E-state index in [-0.39, 0.29) is 0 Å². The first-order valence-electron chi connectivity index (χ1n) is 6.00. The third-order valence-corrected chi connectivity index (χ3v) is 3.07. The van der Waals surface area contributed by atoms with Gasteiger partial charge in [-0.15, -0.1) is 0 Å². The number of nitrogens with zero attached hydrogens (tertiary/aromatic N) is 2. The summed E-state index contributed by atoms with van der Waals surface area (Å²) < 4.78 is 5.71. The van der Waals surface area contributed by atoms with Crippen LogP contribution in [0.4, 0.5) is 11.7 Å². The lowest BCUT2D eigenvalue weighted by Crippen LogP contribution is -2.28. The van der Waals surface area contributed by atoms with Crippen molar-refractivity contribution in [3.8, 4) is 0 Å². The second-order valence-electron chi connectivity index (χ2n) is 4.47. The van der Waals surface area contributed by atoms with Gasteiger partial charge in [-0.2, -0.15) is 4.98 Å². The molecule has 1 aromatic heterocycles. The Balaban J connectivity index is 2.29. The third kappa shape index (κ3) is 2.35. The van der Waals surface area contributed by atoms with E-state index >= 15 is 0 Å². The molecule has 0 aliphatic carbocycles. The lowest BCUT2D eigenvalue weighted by Gasteiger charge is -2.22. The fourth-order valence-corrected chi connectivity index (χ4v) is 1.88. The van der Waals surface area contributed by atoms with Gasteiger partial charge in [-0.1, -0.05) is 13.3 Å². The predicted octanol–water partition coefficient (Wildman–Crippen LogP) is 3.03. The zero-order chi connectivity index (χ0) is 12.4. The zero-order valence-corrected chi connectivity index (χ0v) is 10.6. The van der Waals surface area contributed by atoms with Crippen LogP contribution >= 0.6 is 0 Å². The Morgan fingerprint density at radius 3 is 2.94 bits per heavy atom. The number of benzene rings is 1. The monoisotopic (exact) mass is 233 g/mol. The van der Waals surface area contributed by atoms with Crippen LogP contribution in [0.1, 0.15) is 26.7 Å². The number of hydrogen-bond acceptors (Lipinski definition) is 4. The van der Waals surface area contributed by atoms with E-state index in [1.54, 1.807) is 0 Å². The second-order valence-corrected chi connectivity index (χ2v) is 4.47. The van der Waals surface area contributed by atoms with Crippen molar-refractivity contribution in [2.75, 3.05) is 17.7 Å². The van der Waals surface area contributed by atoms with E-state index in [4.69, 9.17) is 10.2 Å². The van der Waals surface area contributed by atoms with Gasteiger partial charge in [-0.25, -0.2) is 0 Å². The van der Waals surface area contributed by atoms with Crippen LogP contribution < -0.4 is 10.6 Å². The van der Waals surface area contributed by atoms with E-state index in [9.17, 15) is 0 Å². The normalized spacial score (nSPS) is 12.9. The van der Waals surface area contributed by atoms with Gasteiger partial charge in [0.05, 0.1) is 0 Å². The Morgan fingerprint density at radius 2 is 2.24 bits per heavy atom. The Bertz CT molecular complexity index is 506. The van der Waals surface area contributed by atoms with Gasteiger partial charge in [0.2, 0.25) is 0 Å². The van der Waals surface area contributed by atoms with Crippen molar-refractivity contribution in [2.24, 2.45) is 0 Å². The first-order chi connectivity index (χ1) is 8.11. The molecular weight excluding hydrogens is 214 g/mol. The molecule has 2 aromatic rings. The van der Waals surface area contributed by atoms with Crippen LogP contribution in [0.5, 0.6) is 0 Å². The minimum absolute atomic E-state index is 0.422. The van der Waals surface area contributed by atoms with Crippen molar-refractivity contribution in [1.29, 1.82) is 0 Å². The predicted molar refractivity (Wildman–Crippen MR) is 71.2 cm³/mol. The van der Waals surface area contributed by atoms with Crippen LogP contribution in [-0.4, -0.2) is 18.1 Å². The average molecular weight is 233 g/mol. The number of fused-ring (bicyclic) bond motifs is 1. The Morgan fingerprint density at radius 1 is 1.47 bits per heavy atom. The summed E-state index contributed by atoms with van der Waals surface area (Å²) in [6.45, 7) is 4.35. The maximum atomic E-state index is 5.72. The average Bonchev–Trinajstić information content (AvgIpc) is 2.71. The first-order valence-corrected chi connectivity index (χ1v) is 6.00. The molecule has 0 fully saturated rings. The van der Waals surface area contributed by atoms with E-state index < -0.39 is 0 Å². The third-order valence-electron chi connectivity index (χ3n) is 3.07. The van der Waals surface area contributed by atoms with E-state index in [0.29, 0.717) is 17.7 Å². The highest BCUT2D eigenvalue weighted by Gasteiger charge is 2.15. The van der Waals surface area contributed by atoms with Gasteiger partial charge in [0.1, 0.15) is 5.52 Å². The van der Waals surface area contributed by atoms with Crippen molar-refractivity contribution in [3.63, 3.8) is 0 Å². The fourth-order valence-electron chi connectivity index (χ4n) is 1.88. The summed E-state index contributed by atoms with van der Waals surface area (Å²) in [6, 6.07) is 6.61. The van der Waals surface area contributed by atoms with Gasteiger partial charge in [0.25, 0.3) is 6.01 Å². The summed E-state index contributed by atoms with van der Waals surface area (Å²) in [5.41, 5.74) is 8.01. The quantitative estimate of drug-likeness (QED) is 0.825. The second kappa shape index (κ2) is 4.65. The molecular formula is C13H19N3O. The molecule has 1 atom stereocenters. The number of hydrogen-bond donors (Lipinski definition) is 1. The molecule has 0 amide bonds. The minimum Gasteiger partial charge on any atom is -0.423 e. The number of rotatable bonds is 4.